The van der Waals surface area contributed by atoms with Gasteiger partial charge in [-0.3, -0.25) is 9.59 Å². The highest BCUT2D eigenvalue weighted by Crippen LogP contribution is 2.45. The highest BCUT2D eigenvalue weighted by Gasteiger charge is 2.61. The van der Waals surface area contributed by atoms with Gasteiger partial charge in [0.1, 0.15) is 39.9 Å². The first-order valence-corrected chi connectivity index (χ1v) is 17.1. The highest BCUT2D eigenvalue weighted by molar-refractivity contribution is 7.13. The van der Waals surface area contributed by atoms with E-state index in [4.69, 9.17) is 19.4 Å². The van der Waals surface area contributed by atoms with Crippen molar-refractivity contribution in [2.24, 2.45) is 5.92 Å². The smallest absolute Gasteiger partial charge is 0.330 e. The lowest BCUT2D eigenvalue weighted by Crippen LogP contribution is -2.53. The molecular weight excluding hydrogens is 604 g/mol. The van der Waals surface area contributed by atoms with E-state index in [0.717, 1.165) is 59.3 Å². The third kappa shape index (κ3) is 6.21. The van der Waals surface area contributed by atoms with Crippen LogP contribution in [-0.2, 0) is 14.4 Å². The van der Waals surface area contributed by atoms with E-state index in [0.29, 0.717) is 30.0 Å². The zero-order valence-electron chi connectivity index (χ0n) is 26.9. The molecule has 2 aliphatic heterocycles. The van der Waals surface area contributed by atoms with Crippen molar-refractivity contribution >= 4 is 40.0 Å². The van der Waals surface area contributed by atoms with Gasteiger partial charge in [0.25, 0.3) is 0 Å². The van der Waals surface area contributed by atoms with Crippen molar-refractivity contribution in [3.05, 3.63) is 47.0 Å². The van der Waals surface area contributed by atoms with Crippen LogP contribution in [0.25, 0.3) is 21.6 Å². The van der Waals surface area contributed by atoms with E-state index in [1.165, 1.54) is 11.3 Å². The van der Waals surface area contributed by atoms with Crippen LogP contribution in [0.2, 0.25) is 0 Å². The predicted molar refractivity (Wildman–Crippen MR) is 176 cm³/mol. The van der Waals surface area contributed by atoms with Gasteiger partial charge in [0, 0.05) is 41.2 Å². The van der Waals surface area contributed by atoms with Gasteiger partial charge in [-0.25, -0.2) is 14.8 Å². The number of thiazole rings is 1. The number of carboxylic acids is 1. The minimum atomic E-state index is -1.34. The summed E-state index contributed by atoms with van der Waals surface area (Å²) in [5.41, 5.74) is 1.92. The molecule has 2 N–H and O–H groups in total. The molecule has 2 amide bonds. The molecule has 3 aromatic rings. The number of nitrogens with one attached hydrogen (secondary N) is 1. The Morgan fingerprint density at radius 3 is 2.70 bits per heavy atom. The maximum Gasteiger partial charge on any atom is 0.330 e. The number of amides is 2. The van der Waals surface area contributed by atoms with E-state index >= 15 is 0 Å². The molecule has 2 aromatic heterocycles. The molecule has 244 valence electrons. The fraction of sp³-hybridized carbons (Fsp3) is 0.514. The van der Waals surface area contributed by atoms with Gasteiger partial charge in [0.05, 0.1) is 24.9 Å². The molecule has 4 heterocycles. The molecular formula is C35H42N4O6S. The lowest BCUT2D eigenvalue weighted by Gasteiger charge is -2.25. The molecule has 46 heavy (non-hydrogen) atoms. The first-order valence-electron chi connectivity index (χ1n) is 16.2. The topological polar surface area (TPSA) is 131 Å². The normalized spacial score (nSPS) is 26.1. The summed E-state index contributed by atoms with van der Waals surface area (Å²) < 4.78 is 12.3. The summed E-state index contributed by atoms with van der Waals surface area (Å²) in [5.74, 6) is -0.299. The lowest BCUT2D eigenvalue weighted by atomic mass is 10.1. The molecule has 2 fully saturated rings. The second-order valence-electron chi connectivity index (χ2n) is 13.0. The molecule has 1 aromatic carbocycles. The fourth-order valence-electron chi connectivity index (χ4n) is 6.63. The van der Waals surface area contributed by atoms with Gasteiger partial charge in [0.15, 0.2) is 0 Å². The van der Waals surface area contributed by atoms with Crippen molar-refractivity contribution in [2.75, 3.05) is 13.7 Å². The number of benzene rings is 1. The van der Waals surface area contributed by atoms with Gasteiger partial charge >= 0.3 is 5.97 Å². The molecule has 0 spiro atoms. The van der Waals surface area contributed by atoms with Crippen molar-refractivity contribution in [3.8, 4) is 22.2 Å². The minimum Gasteiger partial charge on any atom is -0.496 e. The van der Waals surface area contributed by atoms with Gasteiger partial charge in [0.2, 0.25) is 11.8 Å². The Labute approximate surface area is 273 Å². The zero-order chi connectivity index (χ0) is 32.6. The number of ether oxygens (including phenoxy) is 2. The van der Waals surface area contributed by atoms with Crippen molar-refractivity contribution < 1.29 is 29.0 Å². The molecule has 10 nitrogen and oxygen atoms in total. The molecule has 3 aliphatic rings. The number of carbonyl (C=O) groups excluding carboxylic acids is 2. The number of carboxylic acid groups (broad SMARTS) is 1. The SMILES string of the molecule is COc1ccc2c(OC3CC4C(=O)NC5(C(=O)O)CC5/C=C\CCCCCCC(=O)N4C3)cc(-c3nc(C(C)C)cs3)nc2c1C. The number of allylic oxidation sites excluding steroid dienone is 1. The van der Waals surface area contributed by atoms with Crippen LogP contribution in [0.4, 0.5) is 0 Å². The number of methoxy groups -OCH3 is 1. The second-order valence-corrected chi connectivity index (χ2v) is 13.9. The number of aliphatic carboxylic acids is 1. The molecule has 0 radical (unpaired) electrons. The molecule has 4 atom stereocenters. The van der Waals surface area contributed by atoms with Crippen LogP contribution in [0.1, 0.15) is 82.4 Å². The second kappa shape index (κ2) is 13.0. The standard InChI is InChI=1S/C35H42N4O6S/c1-20(2)26-19-46-33(37-26)25-16-29(24-13-14-28(44-4)21(3)31(24)36-25)45-23-15-27-32(41)38-35(34(42)43)17-22(35)11-9-7-5-6-8-10-12-30(40)39(27)18-23/h9,11,13-14,16,19-20,22-23,27H,5-8,10,12,15,17-18H2,1-4H3,(H,38,41)(H,42,43)/b11-9-. The van der Waals surface area contributed by atoms with Crippen molar-refractivity contribution in [1.82, 2.24) is 20.2 Å². The number of nitrogens with zero attached hydrogens (tertiary/aromatic N) is 3. The van der Waals surface area contributed by atoms with E-state index in [1.54, 1.807) is 12.0 Å². The summed E-state index contributed by atoms with van der Waals surface area (Å²) in [6, 6.07) is 4.85. The average Bonchev–Trinajstić information content (AvgIpc) is 3.33. The molecule has 0 bridgehead atoms. The van der Waals surface area contributed by atoms with Crippen LogP contribution < -0.4 is 14.8 Å². The Morgan fingerprint density at radius 1 is 1.15 bits per heavy atom. The maximum atomic E-state index is 13.8. The van der Waals surface area contributed by atoms with E-state index in [9.17, 15) is 19.5 Å². The third-order valence-corrected chi connectivity index (χ3v) is 10.4. The summed E-state index contributed by atoms with van der Waals surface area (Å²) in [5, 5.41) is 16.5. The molecule has 11 heteroatoms. The van der Waals surface area contributed by atoms with Crippen LogP contribution in [0.3, 0.4) is 0 Å². The average molecular weight is 647 g/mol. The van der Waals surface area contributed by atoms with Crippen LogP contribution in [-0.4, -0.2) is 69.1 Å². The van der Waals surface area contributed by atoms with E-state index in [2.05, 4.69) is 19.2 Å². The molecule has 4 unspecified atom stereocenters. The van der Waals surface area contributed by atoms with Crippen LogP contribution in [0.5, 0.6) is 11.5 Å². The summed E-state index contributed by atoms with van der Waals surface area (Å²) in [6.07, 6.45) is 8.90. The minimum absolute atomic E-state index is 0.110. The quantitative estimate of drug-likeness (QED) is 0.311. The molecule has 1 saturated heterocycles. The van der Waals surface area contributed by atoms with E-state index < -0.39 is 29.6 Å². The Bertz CT molecular complexity index is 1680. The van der Waals surface area contributed by atoms with Gasteiger partial charge < -0.3 is 24.8 Å². The maximum absolute atomic E-state index is 13.8. The molecule has 6 rings (SSSR count). The van der Waals surface area contributed by atoms with Crippen molar-refractivity contribution in [2.45, 2.75) is 95.7 Å². The molecule has 1 saturated carbocycles. The summed E-state index contributed by atoms with van der Waals surface area (Å²) in [7, 11) is 1.63. The van der Waals surface area contributed by atoms with Gasteiger partial charge in [-0.15, -0.1) is 11.3 Å². The molecule has 1 aliphatic carbocycles. The number of pyridine rings is 1. The number of aromatic nitrogens is 2. The van der Waals surface area contributed by atoms with Gasteiger partial charge in [-0.2, -0.15) is 0 Å². The first-order chi connectivity index (χ1) is 22.1. The van der Waals surface area contributed by atoms with Crippen molar-refractivity contribution in [1.29, 1.82) is 0 Å². The largest absolute Gasteiger partial charge is 0.496 e. The van der Waals surface area contributed by atoms with Gasteiger partial charge in [-0.1, -0.05) is 38.8 Å². The highest BCUT2D eigenvalue weighted by atomic mass is 32.1. The van der Waals surface area contributed by atoms with Crippen LogP contribution in [0.15, 0.2) is 35.7 Å². The van der Waals surface area contributed by atoms with E-state index in [-0.39, 0.29) is 30.7 Å². The third-order valence-electron chi connectivity index (χ3n) is 9.50. The Balaban J connectivity index is 1.33. The van der Waals surface area contributed by atoms with Crippen LogP contribution in [0, 0.1) is 12.8 Å². The van der Waals surface area contributed by atoms with Crippen molar-refractivity contribution in [3.63, 3.8) is 0 Å². The Morgan fingerprint density at radius 2 is 1.96 bits per heavy atom. The Hall–Kier alpha value is -3.99. The number of hydrogen-bond donors (Lipinski definition) is 2. The number of rotatable bonds is 6. The Kier molecular flexibility index (Phi) is 9.05. The summed E-state index contributed by atoms with van der Waals surface area (Å²) >= 11 is 1.53. The van der Waals surface area contributed by atoms with E-state index in [1.807, 2.05) is 42.7 Å². The summed E-state index contributed by atoms with van der Waals surface area (Å²) in [6.45, 7) is 6.38. The van der Waals surface area contributed by atoms with Gasteiger partial charge in [-0.05, 0) is 50.7 Å². The first kappa shape index (κ1) is 32.0. The number of carbonyl (C=O) groups is 3. The van der Waals surface area contributed by atoms with Crippen LogP contribution >= 0.6 is 11.3 Å². The number of fused-ring (bicyclic) bond motifs is 3. The monoisotopic (exact) mass is 646 g/mol. The number of hydrogen-bond acceptors (Lipinski definition) is 8. The predicted octanol–water partition coefficient (Wildman–Crippen LogP) is 6.02. The number of aryl methyl sites for hydroxylation is 1. The zero-order valence-corrected chi connectivity index (χ0v) is 27.7. The lowest BCUT2D eigenvalue weighted by molar-refractivity contribution is -0.145. The summed E-state index contributed by atoms with van der Waals surface area (Å²) in [4.78, 5) is 51.0. The fourth-order valence-corrected chi connectivity index (χ4v) is 7.57.